The largest absolute Gasteiger partial charge is 0.497 e. The lowest BCUT2D eigenvalue weighted by Gasteiger charge is -2.17. The number of methoxy groups -OCH3 is 1. The summed E-state index contributed by atoms with van der Waals surface area (Å²) in [7, 11) is 3.43. The van der Waals surface area contributed by atoms with Crippen molar-refractivity contribution in [3.63, 3.8) is 0 Å². The highest BCUT2D eigenvalue weighted by Crippen LogP contribution is 2.39. The first-order chi connectivity index (χ1) is 14.1. The quantitative estimate of drug-likeness (QED) is 0.699. The van der Waals surface area contributed by atoms with E-state index in [0.29, 0.717) is 17.0 Å². The molecule has 3 aromatic rings. The molecule has 7 nitrogen and oxygen atoms in total. The highest BCUT2D eigenvalue weighted by molar-refractivity contribution is 6.16. The van der Waals surface area contributed by atoms with Crippen LogP contribution in [0.5, 0.6) is 5.75 Å². The van der Waals surface area contributed by atoms with E-state index in [1.54, 1.807) is 30.1 Å². The molecule has 4 rings (SSSR count). The van der Waals surface area contributed by atoms with E-state index >= 15 is 0 Å². The van der Waals surface area contributed by atoms with Crippen LogP contribution in [0, 0.1) is 6.57 Å². The monoisotopic (exact) mass is 385 g/mol. The van der Waals surface area contributed by atoms with Gasteiger partial charge in [0, 0.05) is 35.8 Å². The van der Waals surface area contributed by atoms with Gasteiger partial charge in [-0.3, -0.25) is 14.5 Å². The predicted molar refractivity (Wildman–Crippen MR) is 112 cm³/mol. The number of aliphatic imine (C=N–C) groups is 1. The zero-order valence-electron chi connectivity index (χ0n) is 16.1. The van der Waals surface area contributed by atoms with Gasteiger partial charge in [-0.2, -0.15) is 5.10 Å². The zero-order chi connectivity index (χ0) is 20.5. The molecule has 0 unspecified atom stereocenters. The molecule has 0 saturated carbocycles. The summed E-state index contributed by atoms with van der Waals surface area (Å²) in [5.41, 5.74) is 11.7. The van der Waals surface area contributed by atoms with E-state index < -0.39 is 0 Å². The van der Waals surface area contributed by atoms with Crippen molar-refractivity contribution in [2.45, 2.75) is 0 Å². The van der Waals surface area contributed by atoms with Gasteiger partial charge in [-0.1, -0.05) is 18.2 Å². The van der Waals surface area contributed by atoms with Gasteiger partial charge in [0.25, 0.3) is 0 Å². The van der Waals surface area contributed by atoms with E-state index in [-0.39, 0.29) is 18.9 Å². The van der Waals surface area contributed by atoms with Gasteiger partial charge >= 0.3 is 0 Å². The first-order valence-electron chi connectivity index (χ1n) is 9.06. The maximum atomic E-state index is 12.2. The zero-order valence-corrected chi connectivity index (χ0v) is 16.1. The molecule has 2 aromatic carbocycles. The van der Waals surface area contributed by atoms with Gasteiger partial charge in [-0.05, 0) is 23.8 Å². The number of nitrogens with zero attached hydrogens (tertiary/aromatic N) is 4. The van der Waals surface area contributed by atoms with Crippen LogP contribution in [-0.2, 0) is 7.05 Å². The minimum atomic E-state index is -0.0155. The number of fused-ring (bicyclic) bond motifs is 1. The number of aryl methyl sites for hydroxylation is 1. The van der Waals surface area contributed by atoms with Gasteiger partial charge in [-0.15, -0.1) is 0 Å². The van der Waals surface area contributed by atoms with E-state index in [2.05, 4.69) is 14.9 Å². The van der Waals surface area contributed by atoms with Crippen molar-refractivity contribution in [2.75, 3.05) is 20.2 Å². The van der Waals surface area contributed by atoms with Crippen LogP contribution in [0.1, 0.15) is 15.9 Å². The molecule has 0 spiro atoms. The number of ketones is 1. The summed E-state index contributed by atoms with van der Waals surface area (Å²) in [5.74, 6) is 0.645. The molecule has 0 amide bonds. The molecule has 2 heterocycles. The molecule has 29 heavy (non-hydrogen) atoms. The average Bonchev–Trinajstić information content (AvgIpc) is 3.14. The Morgan fingerprint density at radius 2 is 2.00 bits per heavy atom. The molecule has 144 valence electrons. The van der Waals surface area contributed by atoms with E-state index in [9.17, 15) is 4.79 Å². The van der Waals surface area contributed by atoms with Crippen LogP contribution in [0.2, 0.25) is 0 Å². The first-order valence-corrected chi connectivity index (χ1v) is 9.06. The van der Waals surface area contributed by atoms with E-state index in [1.807, 2.05) is 31.3 Å². The normalized spacial score (nSPS) is 12.9. The third kappa shape index (κ3) is 3.10. The minimum Gasteiger partial charge on any atom is -0.497 e. The Balaban J connectivity index is 1.92. The highest BCUT2D eigenvalue weighted by Gasteiger charge is 2.22. The molecule has 0 bridgehead atoms. The Morgan fingerprint density at radius 3 is 2.72 bits per heavy atom. The van der Waals surface area contributed by atoms with Gasteiger partial charge in [0.1, 0.15) is 12.3 Å². The van der Waals surface area contributed by atoms with Crippen LogP contribution >= 0.6 is 0 Å². The highest BCUT2D eigenvalue weighted by atomic mass is 16.5. The fraction of sp³-hybridized carbons (Fsp3) is 0.182. The molecule has 1 aliphatic rings. The standard InChI is InChI=1S/C22H19N5O2/c1-24-19-7-5-14(29-3)9-17(19)22-18(11-26-27(22)2)13-4-6-15-16(8-13)20(10-23)25-12-21(15)28/h4-9,11H,10,12,23H2,2-3H3. The second-order valence-electron chi connectivity index (χ2n) is 6.68. The lowest BCUT2D eigenvalue weighted by molar-refractivity contribution is 0.1000. The number of carbonyl (C=O) groups excluding carboxylic acids is 1. The second-order valence-corrected chi connectivity index (χ2v) is 6.68. The average molecular weight is 385 g/mol. The van der Waals surface area contributed by atoms with Crippen molar-refractivity contribution in [2.24, 2.45) is 17.8 Å². The minimum absolute atomic E-state index is 0.0155. The first kappa shape index (κ1) is 18.6. The third-order valence-electron chi connectivity index (χ3n) is 5.07. The topological polar surface area (TPSA) is 86.9 Å². The summed E-state index contributed by atoms with van der Waals surface area (Å²) < 4.78 is 7.09. The number of nitrogens with two attached hydrogens (primary N) is 1. The number of benzene rings is 2. The Labute approximate surface area is 168 Å². The molecular weight excluding hydrogens is 366 g/mol. The van der Waals surface area contributed by atoms with Crippen LogP contribution in [0.4, 0.5) is 5.69 Å². The maximum Gasteiger partial charge on any atom is 0.196 e. The summed E-state index contributed by atoms with van der Waals surface area (Å²) >= 11 is 0. The van der Waals surface area contributed by atoms with Gasteiger partial charge in [-0.25, -0.2) is 4.85 Å². The molecule has 2 N–H and O–H groups in total. The number of ether oxygens (including phenoxy) is 1. The molecule has 0 atom stereocenters. The lowest BCUT2D eigenvalue weighted by Crippen LogP contribution is -2.24. The summed E-state index contributed by atoms with van der Waals surface area (Å²) in [6.45, 7) is 7.95. The fourth-order valence-corrected chi connectivity index (χ4v) is 3.60. The Bertz CT molecular complexity index is 1200. The molecule has 7 heteroatoms. The van der Waals surface area contributed by atoms with Gasteiger partial charge < -0.3 is 10.5 Å². The van der Waals surface area contributed by atoms with Crippen LogP contribution in [0.25, 0.3) is 27.2 Å². The molecule has 0 fully saturated rings. The van der Waals surface area contributed by atoms with Crippen LogP contribution in [0.15, 0.2) is 47.6 Å². The fourth-order valence-electron chi connectivity index (χ4n) is 3.60. The number of aromatic nitrogens is 2. The molecule has 0 aliphatic carbocycles. The van der Waals surface area contributed by atoms with Crippen molar-refractivity contribution >= 4 is 17.2 Å². The van der Waals surface area contributed by atoms with Crippen LogP contribution < -0.4 is 10.5 Å². The number of carbonyl (C=O) groups is 1. The number of rotatable bonds is 4. The van der Waals surface area contributed by atoms with Crippen LogP contribution in [-0.4, -0.2) is 41.5 Å². The molecule has 1 aliphatic heterocycles. The van der Waals surface area contributed by atoms with Crippen molar-refractivity contribution < 1.29 is 9.53 Å². The van der Waals surface area contributed by atoms with Crippen molar-refractivity contribution in [1.29, 1.82) is 0 Å². The van der Waals surface area contributed by atoms with E-state index in [0.717, 1.165) is 33.7 Å². The third-order valence-corrected chi connectivity index (χ3v) is 5.07. The summed E-state index contributed by atoms with van der Waals surface area (Å²) in [5, 5.41) is 4.42. The van der Waals surface area contributed by atoms with Crippen LogP contribution in [0.3, 0.4) is 0 Å². The summed E-state index contributed by atoms with van der Waals surface area (Å²) in [6.07, 6.45) is 1.76. The maximum absolute atomic E-state index is 12.2. The Hall–Kier alpha value is -3.76. The van der Waals surface area contributed by atoms with Gasteiger partial charge in [0.2, 0.25) is 0 Å². The smallest absolute Gasteiger partial charge is 0.196 e. The lowest BCUT2D eigenvalue weighted by atomic mass is 9.91. The summed E-state index contributed by atoms with van der Waals surface area (Å²) in [6, 6.07) is 11.0. The Kier molecular flexibility index (Phi) is 4.71. The van der Waals surface area contributed by atoms with Crippen molar-refractivity contribution in [1.82, 2.24) is 9.78 Å². The van der Waals surface area contributed by atoms with E-state index in [4.69, 9.17) is 17.0 Å². The van der Waals surface area contributed by atoms with Crippen molar-refractivity contribution in [3.8, 4) is 28.1 Å². The number of hydrogen-bond acceptors (Lipinski definition) is 5. The molecule has 0 saturated heterocycles. The molecule has 0 radical (unpaired) electrons. The second kappa shape index (κ2) is 7.34. The van der Waals surface area contributed by atoms with Crippen molar-refractivity contribution in [3.05, 3.63) is 65.1 Å². The Morgan fingerprint density at radius 1 is 1.17 bits per heavy atom. The predicted octanol–water partition coefficient (Wildman–Crippen LogP) is 3.26. The van der Waals surface area contributed by atoms with Gasteiger partial charge in [0.15, 0.2) is 11.5 Å². The van der Waals surface area contributed by atoms with Gasteiger partial charge in [0.05, 0.1) is 31.3 Å². The number of Topliss-reactive ketones (excluding diaryl/α,β-unsaturated/α-hetero) is 1. The number of hydrogen-bond donors (Lipinski definition) is 1. The summed E-state index contributed by atoms with van der Waals surface area (Å²) in [4.78, 5) is 20.2. The molecular formula is C22H19N5O2. The SMILES string of the molecule is [C-]#[N+]c1ccc(OC)cc1-c1c(-c2ccc3c(c2)C(CN)=NCC3=O)cnn1C. The molecule has 1 aromatic heterocycles. The van der Waals surface area contributed by atoms with E-state index in [1.165, 1.54) is 0 Å².